The predicted molar refractivity (Wildman–Crippen MR) is 77.8 cm³/mol. The minimum absolute atomic E-state index is 0.0318. The molecule has 0 spiro atoms. The van der Waals surface area contributed by atoms with Crippen molar-refractivity contribution < 1.29 is 12.8 Å². The highest BCUT2D eigenvalue weighted by Gasteiger charge is 2.22. The maximum Gasteiger partial charge on any atom is 0.265 e. The monoisotopic (exact) mass is 325 g/mol. The van der Waals surface area contributed by atoms with E-state index in [0.717, 1.165) is 18.2 Å². The number of anilines is 2. The lowest BCUT2D eigenvalue weighted by atomic mass is 10.2. The molecule has 0 aromatic heterocycles. The van der Waals surface area contributed by atoms with Gasteiger partial charge in [-0.3, -0.25) is 4.72 Å². The first-order chi connectivity index (χ1) is 9.85. The van der Waals surface area contributed by atoms with E-state index in [2.05, 4.69) is 4.72 Å². The third-order valence-electron chi connectivity index (χ3n) is 2.61. The second-order valence-corrected chi connectivity index (χ2v) is 6.09. The highest BCUT2D eigenvalue weighted by molar-refractivity contribution is 7.93. The summed E-state index contributed by atoms with van der Waals surface area (Å²) in [7, 11) is -4.10. The number of nitriles is 1. The molecule has 2 rings (SSSR count). The van der Waals surface area contributed by atoms with Crippen LogP contribution in [0, 0.1) is 17.1 Å². The maximum absolute atomic E-state index is 13.0. The van der Waals surface area contributed by atoms with Gasteiger partial charge in [-0.05, 0) is 30.3 Å². The van der Waals surface area contributed by atoms with Crippen LogP contribution in [0.4, 0.5) is 15.8 Å². The molecular formula is C13H9ClFN3O2S. The molecule has 0 saturated heterocycles. The van der Waals surface area contributed by atoms with Gasteiger partial charge < -0.3 is 5.73 Å². The summed E-state index contributed by atoms with van der Waals surface area (Å²) in [6.07, 6.45) is 0. The Morgan fingerprint density at radius 3 is 2.62 bits per heavy atom. The summed E-state index contributed by atoms with van der Waals surface area (Å²) in [5, 5.41) is 8.86. The minimum Gasteiger partial charge on any atom is -0.398 e. The van der Waals surface area contributed by atoms with Crippen molar-refractivity contribution in [2.45, 2.75) is 4.90 Å². The Hall–Kier alpha value is -2.30. The molecule has 0 radical (unpaired) electrons. The Labute approximate surface area is 125 Å². The van der Waals surface area contributed by atoms with Gasteiger partial charge in [0.05, 0.1) is 22.0 Å². The number of nitrogen functional groups attached to an aromatic ring is 1. The summed E-state index contributed by atoms with van der Waals surface area (Å²) in [4.78, 5) is -0.292. The number of hydrogen-bond acceptors (Lipinski definition) is 4. The Bertz CT molecular complexity index is 827. The number of nitrogens with one attached hydrogen (secondary N) is 1. The van der Waals surface area contributed by atoms with Gasteiger partial charge in [-0.15, -0.1) is 0 Å². The molecule has 2 aromatic carbocycles. The highest BCUT2D eigenvalue weighted by atomic mass is 35.5. The third kappa shape index (κ3) is 3.07. The van der Waals surface area contributed by atoms with Crippen molar-refractivity contribution >= 4 is 33.0 Å². The van der Waals surface area contributed by atoms with Crippen LogP contribution in [0.3, 0.4) is 0 Å². The normalized spacial score (nSPS) is 10.9. The van der Waals surface area contributed by atoms with Crippen LogP contribution in [0.5, 0.6) is 0 Å². The first kappa shape index (κ1) is 15.1. The predicted octanol–water partition coefficient (Wildman–Crippen LogP) is 2.73. The highest BCUT2D eigenvalue weighted by Crippen LogP contribution is 2.29. The first-order valence-electron chi connectivity index (χ1n) is 5.61. The van der Waals surface area contributed by atoms with Crippen LogP contribution in [-0.4, -0.2) is 8.42 Å². The molecule has 0 bridgehead atoms. The lowest BCUT2D eigenvalue weighted by Crippen LogP contribution is -2.16. The lowest BCUT2D eigenvalue weighted by Gasteiger charge is -2.12. The fraction of sp³-hybridized carbons (Fsp3) is 0. The van der Waals surface area contributed by atoms with Gasteiger partial charge in [-0.25, -0.2) is 12.8 Å². The maximum atomic E-state index is 13.0. The summed E-state index contributed by atoms with van der Waals surface area (Å²) in [6.45, 7) is 0. The van der Waals surface area contributed by atoms with Crippen LogP contribution in [0.15, 0.2) is 41.3 Å². The van der Waals surface area contributed by atoms with Gasteiger partial charge in [0, 0.05) is 0 Å². The molecule has 21 heavy (non-hydrogen) atoms. The van der Waals surface area contributed by atoms with Gasteiger partial charge >= 0.3 is 0 Å². The zero-order valence-electron chi connectivity index (χ0n) is 10.5. The molecule has 108 valence electrons. The molecule has 0 aliphatic rings. The third-order valence-corrected chi connectivity index (χ3v) is 4.52. The van der Waals surface area contributed by atoms with Crippen molar-refractivity contribution in [1.82, 2.24) is 0 Å². The molecule has 5 nitrogen and oxygen atoms in total. The molecule has 0 atom stereocenters. The fourth-order valence-electron chi connectivity index (χ4n) is 1.70. The largest absolute Gasteiger partial charge is 0.398 e. The van der Waals surface area contributed by atoms with E-state index in [0.29, 0.717) is 0 Å². The van der Waals surface area contributed by atoms with E-state index in [1.165, 1.54) is 18.2 Å². The zero-order valence-corrected chi connectivity index (χ0v) is 12.0. The average Bonchev–Trinajstić information content (AvgIpc) is 2.40. The second-order valence-electron chi connectivity index (χ2n) is 4.07. The number of halogens is 2. The average molecular weight is 326 g/mol. The van der Waals surface area contributed by atoms with Gasteiger partial charge in [0.1, 0.15) is 16.8 Å². The van der Waals surface area contributed by atoms with E-state index in [4.69, 9.17) is 22.6 Å². The van der Waals surface area contributed by atoms with Crippen LogP contribution in [0.25, 0.3) is 0 Å². The van der Waals surface area contributed by atoms with Gasteiger partial charge in [0.15, 0.2) is 0 Å². The van der Waals surface area contributed by atoms with Crippen molar-refractivity contribution in [2.24, 2.45) is 0 Å². The minimum atomic E-state index is -4.10. The van der Waals surface area contributed by atoms with Crippen LogP contribution >= 0.6 is 11.6 Å². The van der Waals surface area contributed by atoms with Gasteiger partial charge in [0.2, 0.25) is 0 Å². The molecule has 0 fully saturated rings. The van der Waals surface area contributed by atoms with Crippen LogP contribution in [0.1, 0.15) is 5.56 Å². The van der Waals surface area contributed by atoms with E-state index >= 15 is 0 Å². The number of sulfonamides is 1. The Balaban J connectivity index is 2.51. The SMILES string of the molecule is N#Cc1cc(F)ccc1NS(=O)(=O)c1c(N)cccc1Cl. The van der Waals surface area contributed by atoms with Gasteiger partial charge in [-0.2, -0.15) is 5.26 Å². The first-order valence-corrected chi connectivity index (χ1v) is 7.48. The Morgan fingerprint density at radius 1 is 1.29 bits per heavy atom. The van der Waals surface area contributed by atoms with Crippen LogP contribution < -0.4 is 10.5 Å². The van der Waals surface area contributed by atoms with E-state index < -0.39 is 15.8 Å². The molecule has 0 unspecified atom stereocenters. The molecule has 3 N–H and O–H groups in total. The van der Waals surface area contributed by atoms with E-state index in [1.807, 2.05) is 0 Å². The van der Waals surface area contributed by atoms with Crippen molar-refractivity contribution in [1.29, 1.82) is 5.26 Å². The number of nitrogens with zero attached hydrogens (tertiary/aromatic N) is 1. The molecular weight excluding hydrogens is 317 g/mol. The summed E-state index contributed by atoms with van der Waals surface area (Å²) >= 11 is 5.85. The van der Waals surface area contributed by atoms with Crippen LogP contribution in [-0.2, 0) is 10.0 Å². The summed E-state index contributed by atoms with van der Waals surface area (Å²) < 4.78 is 39.9. The standard InChI is InChI=1S/C13H9ClFN3O2S/c14-10-2-1-3-11(17)13(10)21(19,20)18-12-5-4-9(15)6-8(12)7-16/h1-6,18H,17H2. The van der Waals surface area contributed by atoms with Crippen molar-refractivity contribution in [3.8, 4) is 6.07 Å². The molecule has 0 aliphatic heterocycles. The van der Waals surface area contributed by atoms with Crippen molar-refractivity contribution in [3.05, 3.63) is 52.8 Å². The van der Waals surface area contributed by atoms with Crippen molar-refractivity contribution in [3.63, 3.8) is 0 Å². The topological polar surface area (TPSA) is 96.0 Å². The summed E-state index contributed by atoms with van der Waals surface area (Å²) in [5.74, 6) is -0.647. The number of benzene rings is 2. The number of rotatable bonds is 3. The van der Waals surface area contributed by atoms with E-state index in [-0.39, 0.29) is 26.9 Å². The Kier molecular flexibility index (Phi) is 4.02. The lowest BCUT2D eigenvalue weighted by molar-refractivity contribution is 0.601. The zero-order chi connectivity index (χ0) is 15.6. The molecule has 0 heterocycles. The number of hydrogen-bond donors (Lipinski definition) is 2. The fourth-order valence-corrected chi connectivity index (χ4v) is 3.46. The summed E-state index contributed by atoms with van der Waals surface area (Å²) in [6, 6.07) is 9.09. The second kappa shape index (κ2) is 5.60. The smallest absolute Gasteiger partial charge is 0.265 e. The number of nitrogens with two attached hydrogens (primary N) is 1. The molecule has 0 aliphatic carbocycles. The molecule has 8 heteroatoms. The molecule has 0 amide bonds. The van der Waals surface area contributed by atoms with Crippen molar-refractivity contribution in [2.75, 3.05) is 10.5 Å². The van der Waals surface area contributed by atoms with Crippen LogP contribution in [0.2, 0.25) is 5.02 Å². The molecule has 2 aromatic rings. The van der Waals surface area contributed by atoms with E-state index in [1.54, 1.807) is 6.07 Å². The summed E-state index contributed by atoms with van der Waals surface area (Å²) in [5.41, 5.74) is 5.39. The molecule has 0 saturated carbocycles. The van der Waals surface area contributed by atoms with Gasteiger partial charge in [-0.1, -0.05) is 17.7 Å². The van der Waals surface area contributed by atoms with E-state index in [9.17, 15) is 12.8 Å². The Morgan fingerprint density at radius 2 is 2.00 bits per heavy atom. The quantitative estimate of drug-likeness (QED) is 0.848. The van der Waals surface area contributed by atoms with Gasteiger partial charge in [0.25, 0.3) is 10.0 Å².